The largest absolute Gasteiger partial charge is 0.371 e. The van der Waals surface area contributed by atoms with Gasteiger partial charge in [-0.3, -0.25) is 4.79 Å². The summed E-state index contributed by atoms with van der Waals surface area (Å²) in [7, 11) is 0. The van der Waals surface area contributed by atoms with Gasteiger partial charge in [0.1, 0.15) is 0 Å². The molecule has 1 amide bonds. The van der Waals surface area contributed by atoms with Crippen LogP contribution in [0.2, 0.25) is 0 Å². The number of benzene rings is 1. The molecule has 102 valence electrons. The monoisotopic (exact) mass is 258 g/mol. The number of hydrogen-bond acceptors (Lipinski definition) is 2. The maximum atomic E-state index is 11.5. The van der Waals surface area contributed by atoms with Gasteiger partial charge in [-0.15, -0.1) is 0 Å². The highest BCUT2D eigenvalue weighted by Gasteiger charge is 2.44. The van der Waals surface area contributed by atoms with E-state index in [-0.39, 0.29) is 11.3 Å². The Labute approximate surface area is 115 Å². The van der Waals surface area contributed by atoms with E-state index in [1.165, 1.54) is 11.3 Å². The highest BCUT2D eigenvalue weighted by atomic mass is 16.2. The first kappa shape index (κ1) is 12.5. The number of rotatable bonds is 1. The van der Waals surface area contributed by atoms with E-state index in [1.807, 2.05) is 4.90 Å². The fourth-order valence-corrected chi connectivity index (χ4v) is 3.69. The number of likely N-dealkylation sites (tertiary alicyclic amines) is 1. The van der Waals surface area contributed by atoms with Crippen molar-refractivity contribution >= 4 is 11.6 Å². The number of para-hydroxylation sites is 1. The fraction of sp³-hybridized carbons (Fsp3) is 0.562. The Morgan fingerprint density at radius 3 is 2.58 bits per heavy atom. The Kier molecular flexibility index (Phi) is 3.00. The van der Waals surface area contributed by atoms with Gasteiger partial charge in [0.2, 0.25) is 5.91 Å². The lowest BCUT2D eigenvalue weighted by molar-refractivity contribution is -0.130. The molecule has 1 aromatic carbocycles. The zero-order chi connectivity index (χ0) is 13.5. The summed E-state index contributed by atoms with van der Waals surface area (Å²) in [6.45, 7) is 7.89. The van der Waals surface area contributed by atoms with Gasteiger partial charge in [-0.2, -0.15) is 0 Å². The van der Waals surface area contributed by atoms with Crippen LogP contribution in [0, 0.1) is 0 Å². The standard InChI is InChI=1S/C16H22N2O/c1-3-17-12-16(14-6-4-5-7-15(14)17)8-10-18(11-9-16)13(2)19/h4-7H,3,8-12H2,1-2H3. The van der Waals surface area contributed by atoms with Gasteiger partial charge in [-0.05, 0) is 31.4 Å². The number of carbonyl (C=O) groups excluding carboxylic acids is 1. The molecule has 1 aromatic rings. The van der Waals surface area contributed by atoms with Gasteiger partial charge in [-0.25, -0.2) is 0 Å². The quantitative estimate of drug-likeness (QED) is 0.772. The van der Waals surface area contributed by atoms with Gasteiger partial charge in [0, 0.05) is 44.2 Å². The van der Waals surface area contributed by atoms with Crippen molar-refractivity contribution in [2.75, 3.05) is 31.1 Å². The third-order valence-corrected chi connectivity index (χ3v) is 4.86. The molecule has 0 aliphatic carbocycles. The van der Waals surface area contributed by atoms with Crippen LogP contribution in [-0.4, -0.2) is 37.0 Å². The molecular formula is C16H22N2O. The van der Waals surface area contributed by atoms with E-state index >= 15 is 0 Å². The number of fused-ring (bicyclic) bond motifs is 2. The number of carbonyl (C=O) groups is 1. The number of anilines is 1. The predicted molar refractivity (Wildman–Crippen MR) is 77.5 cm³/mol. The molecule has 1 saturated heterocycles. The van der Waals surface area contributed by atoms with Crippen LogP contribution in [0.1, 0.15) is 32.3 Å². The average Bonchev–Trinajstić information content (AvgIpc) is 2.74. The molecule has 2 aliphatic heterocycles. The molecule has 0 atom stereocenters. The smallest absolute Gasteiger partial charge is 0.219 e. The van der Waals surface area contributed by atoms with Crippen molar-refractivity contribution in [3.63, 3.8) is 0 Å². The molecule has 2 heterocycles. The highest BCUT2D eigenvalue weighted by Crippen LogP contribution is 2.46. The summed E-state index contributed by atoms with van der Waals surface area (Å²) in [5.41, 5.74) is 3.18. The molecule has 0 N–H and O–H groups in total. The van der Waals surface area contributed by atoms with Gasteiger partial charge in [0.25, 0.3) is 0 Å². The van der Waals surface area contributed by atoms with Crippen molar-refractivity contribution in [2.45, 2.75) is 32.1 Å². The molecule has 19 heavy (non-hydrogen) atoms. The van der Waals surface area contributed by atoms with Crippen LogP contribution in [0.25, 0.3) is 0 Å². The summed E-state index contributed by atoms with van der Waals surface area (Å²) in [6.07, 6.45) is 2.19. The molecule has 0 radical (unpaired) electrons. The summed E-state index contributed by atoms with van der Waals surface area (Å²) < 4.78 is 0. The lowest BCUT2D eigenvalue weighted by Gasteiger charge is -2.39. The second-order valence-corrected chi connectivity index (χ2v) is 5.82. The molecular weight excluding hydrogens is 236 g/mol. The van der Waals surface area contributed by atoms with Gasteiger partial charge in [-0.1, -0.05) is 18.2 Å². The van der Waals surface area contributed by atoms with Crippen LogP contribution in [0.15, 0.2) is 24.3 Å². The second kappa shape index (κ2) is 4.55. The second-order valence-electron chi connectivity index (χ2n) is 5.82. The summed E-state index contributed by atoms with van der Waals surface area (Å²) >= 11 is 0. The summed E-state index contributed by atoms with van der Waals surface area (Å²) in [5.74, 6) is 0.216. The molecule has 1 spiro atoms. The SMILES string of the molecule is CCN1CC2(CCN(C(C)=O)CC2)c2ccccc21. The molecule has 2 aliphatic rings. The third-order valence-electron chi connectivity index (χ3n) is 4.86. The molecule has 0 aromatic heterocycles. The Hall–Kier alpha value is -1.51. The summed E-state index contributed by atoms with van der Waals surface area (Å²) in [4.78, 5) is 16.0. The molecule has 0 bridgehead atoms. The van der Waals surface area contributed by atoms with Gasteiger partial charge >= 0.3 is 0 Å². The number of amides is 1. The van der Waals surface area contributed by atoms with E-state index < -0.39 is 0 Å². The first-order valence-corrected chi connectivity index (χ1v) is 7.26. The third kappa shape index (κ3) is 1.92. The molecule has 0 saturated carbocycles. The van der Waals surface area contributed by atoms with Crippen molar-refractivity contribution in [1.82, 2.24) is 4.90 Å². The minimum absolute atomic E-state index is 0.216. The molecule has 1 fully saturated rings. The van der Waals surface area contributed by atoms with Crippen LogP contribution in [0.3, 0.4) is 0 Å². The van der Waals surface area contributed by atoms with Crippen molar-refractivity contribution in [1.29, 1.82) is 0 Å². The van der Waals surface area contributed by atoms with Crippen molar-refractivity contribution in [3.8, 4) is 0 Å². The Morgan fingerprint density at radius 2 is 1.95 bits per heavy atom. The molecule has 3 nitrogen and oxygen atoms in total. The highest BCUT2D eigenvalue weighted by molar-refractivity contribution is 5.73. The predicted octanol–water partition coefficient (Wildman–Crippen LogP) is 2.41. The Bertz CT molecular complexity index is 489. The van der Waals surface area contributed by atoms with Crippen molar-refractivity contribution in [2.24, 2.45) is 0 Å². The van der Waals surface area contributed by atoms with Crippen LogP contribution >= 0.6 is 0 Å². The minimum atomic E-state index is 0.216. The number of hydrogen-bond donors (Lipinski definition) is 0. The minimum Gasteiger partial charge on any atom is -0.371 e. The van der Waals surface area contributed by atoms with E-state index in [0.717, 1.165) is 39.0 Å². The zero-order valence-electron chi connectivity index (χ0n) is 11.9. The van der Waals surface area contributed by atoms with E-state index in [1.54, 1.807) is 6.92 Å². The van der Waals surface area contributed by atoms with E-state index in [4.69, 9.17) is 0 Å². The van der Waals surface area contributed by atoms with Crippen molar-refractivity contribution in [3.05, 3.63) is 29.8 Å². The molecule has 0 unspecified atom stereocenters. The number of nitrogens with zero attached hydrogens (tertiary/aromatic N) is 2. The van der Waals surface area contributed by atoms with Gasteiger partial charge in [0.15, 0.2) is 0 Å². The van der Waals surface area contributed by atoms with Crippen LogP contribution in [0.4, 0.5) is 5.69 Å². The van der Waals surface area contributed by atoms with Crippen LogP contribution in [-0.2, 0) is 10.2 Å². The van der Waals surface area contributed by atoms with Gasteiger partial charge in [0.05, 0.1) is 0 Å². The summed E-state index contributed by atoms with van der Waals surface area (Å²) in [5, 5.41) is 0. The maximum Gasteiger partial charge on any atom is 0.219 e. The maximum absolute atomic E-state index is 11.5. The van der Waals surface area contributed by atoms with E-state index in [2.05, 4.69) is 36.1 Å². The van der Waals surface area contributed by atoms with E-state index in [0.29, 0.717) is 0 Å². The van der Waals surface area contributed by atoms with Crippen LogP contribution in [0.5, 0.6) is 0 Å². The molecule has 3 heteroatoms. The average molecular weight is 258 g/mol. The number of likely N-dealkylation sites (N-methyl/N-ethyl adjacent to an activating group) is 1. The van der Waals surface area contributed by atoms with Crippen molar-refractivity contribution < 1.29 is 4.79 Å². The topological polar surface area (TPSA) is 23.6 Å². The Balaban J connectivity index is 1.89. The molecule has 3 rings (SSSR count). The normalized spacial score (nSPS) is 20.7. The summed E-state index contributed by atoms with van der Waals surface area (Å²) in [6, 6.07) is 8.81. The van der Waals surface area contributed by atoms with Gasteiger partial charge < -0.3 is 9.80 Å². The zero-order valence-corrected chi connectivity index (χ0v) is 11.9. The first-order valence-electron chi connectivity index (χ1n) is 7.26. The fourth-order valence-electron chi connectivity index (χ4n) is 3.69. The first-order chi connectivity index (χ1) is 9.16. The lowest BCUT2D eigenvalue weighted by atomic mass is 9.74. The Morgan fingerprint density at radius 1 is 1.26 bits per heavy atom. The number of piperidine rings is 1. The van der Waals surface area contributed by atoms with E-state index in [9.17, 15) is 4.79 Å². The lowest BCUT2D eigenvalue weighted by Crippen LogP contribution is -2.46. The van der Waals surface area contributed by atoms with Crippen LogP contribution < -0.4 is 4.90 Å².